The Bertz CT molecular complexity index is 758. The number of ketones is 1. The summed E-state index contributed by atoms with van der Waals surface area (Å²) >= 11 is 0. The normalized spacial score (nSPS) is 45.7. The van der Waals surface area contributed by atoms with E-state index in [1.807, 2.05) is 12.2 Å². The van der Waals surface area contributed by atoms with Gasteiger partial charge in [-0.3, -0.25) is 9.59 Å². The second-order valence-electron chi connectivity index (χ2n) is 9.82. The Morgan fingerprint density at radius 3 is 2.67 bits per heavy atom. The monoisotopic (exact) mass is 368 g/mol. The van der Waals surface area contributed by atoms with Crippen LogP contribution in [0.3, 0.4) is 0 Å². The van der Waals surface area contributed by atoms with E-state index in [0.717, 1.165) is 44.9 Å². The summed E-state index contributed by atoms with van der Waals surface area (Å²) in [5.74, 6) is 1.82. The Labute approximate surface area is 162 Å². The molecular weight excluding hydrogens is 336 g/mol. The van der Waals surface area contributed by atoms with Crippen LogP contribution < -0.4 is 0 Å². The van der Waals surface area contributed by atoms with Crippen LogP contribution in [0.25, 0.3) is 0 Å². The number of fused-ring (bicyclic) bond motifs is 5. The molecular formula is C24H32O3. The minimum absolute atomic E-state index is 0.0563. The fourth-order valence-corrected chi connectivity index (χ4v) is 7.50. The van der Waals surface area contributed by atoms with Gasteiger partial charge in [-0.25, -0.2) is 0 Å². The van der Waals surface area contributed by atoms with Crippen molar-refractivity contribution in [3.05, 3.63) is 30.0 Å². The molecule has 0 bridgehead atoms. The van der Waals surface area contributed by atoms with Crippen LogP contribution in [0.15, 0.2) is 30.0 Å². The van der Waals surface area contributed by atoms with Crippen molar-refractivity contribution in [1.29, 1.82) is 0 Å². The van der Waals surface area contributed by atoms with Gasteiger partial charge in [-0.1, -0.05) is 26.0 Å². The minimum atomic E-state index is -0.564. The molecule has 0 amide bonds. The number of ether oxygens (including phenoxy) is 1. The van der Waals surface area contributed by atoms with Gasteiger partial charge in [0.2, 0.25) is 0 Å². The van der Waals surface area contributed by atoms with E-state index in [9.17, 15) is 9.59 Å². The second kappa shape index (κ2) is 6.21. The first kappa shape index (κ1) is 18.7. The van der Waals surface area contributed by atoms with E-state index >= 15 is 0 Å². The summed E-state index contributed by atoms with van der Waals surface area (Å²) in [6, 6.07) is 0. The molecule has 0 spiro atoms. The third kappa shape index (κ3) is 2.54. The maximum atomic E-state index is 11.9. The van der Waals surface area contributed by atoms with E-state index in [2.05, 4.69) is 26.2 Å². The van der Waals surface area contributed by atoms with E-state index < -0.39 is 5.60 Å². The molecule has 0 aromatic rings. The van der Waals surface area contributed by atoms with Crippen molar-refractivity contribution in [2.75, 3.05) is 0 Å². The minimum Gasteiger partial charge on any atom is -0.454 e. The molecule has 4 aliphatic carbocycles. The van der Waals surface area contributed by atoms with Crippen LogP contribution in [-0.2, 0) is 14.3 Å². The SMILES string of the molecule is C=C=C[C@]1(OC(C)=O)CC[C@H]2[C@@H]3CCC4=CC(=O)CC[C@@H]4[C@@]3(C)CC[C@@]21C. The Kier molecular flexibility index (Phi) is 4.31. The van der Waals surface area contributed by atoms with Crippen LogP contribution in [0.2, 0.25) is 0 Å². The lowest BCUT2D eigenvalue weighted by atomic mass is 9.44. The number of allylic oxidation sites excluding steroid dienone is 1. The highest BCUT2D eigenvalue weighted by atomic mass is 16.6. The van der Waals surface area contributed by atoms with Gasteiger partial charge in [-0.05, 0) is 74.2 Å². The summed E-state index contributed by atoms with van der Waals surface area (Å²) in [6.45, 7) is 10.1. The Morgan fingerprint density at radius 2 is 1.96 bits per heavy atom. The lowest BCUT2D eigenvalue weighted by molar-refractivity contribution is -0.174. The molecule has 3 nitrogen and oxygen atoms in total. The van der Waals surface area contributed by atoms with Gasteiger partial charge in [0.15, 0.2) is 5.78 Å². The Balaban J connectivity index is 1.71. The number of carbonyl (C=O) groups excluding carboxylic acids is 2. The molecule has 146 valence electrons. The van der Waals surface area contributed by atoms with E-state index in [1.165, 1.54) is 12.5 Å². The molecule has 4 aliphatic rings. The van der Waals surface area contributed by atoms with Crippen molar-refractivity contribution in [2.24, 2.45) is 28.6 Å². The fraction of sp³-hybridized carbons (Fsp3) is 0.708. The van der Waals surface area contributed by atoms with E-state index in [-0.39, 0.29) is 16.8 Å². The predicted octanol–water partition coefficient (Wildman–Crippen LogP) is 5.16. The van der Waals surface area contributed by atoms with Crippen molar-refractivity contribution in [3.63, 3.8) is 0 Å². The highest BCUT2D eigenvalue weighted by Gasteiger charge is 2.66. The van der Waals surface area contributed by atoms with Gasteiger partial charge in [0.1, 0.15) is 5.60 Å². The summed E-state index contributed by atoms with van der Waals surface area (Å²) in [5, 5.41) is 0. The zero-order valence-electron chi connectivity index (χ0n) is 17.0. The summed E-state index contributed by atoms with van der Waals surface area (Å²) in [5.41, 5.74) is 4.00. The van der Waals surface area contributed by atoms with E-state index in [0.29, 0.717) is 30.0 Å². The molecule has 3 fully saturated rings. The van der Waals surface area contributed by atoms with Gasteiger partial charge in [-0.15, -0.1) is 5.73 Å². The average Bonchev–Trinajstić information content (AvgIpc) is 2.87. The lowest BCUT2D eigenvalue weighted by Crippen LogP contribution is -2.57. The fourth-order valence-electron chi connectivity index (χ4n) is 7.50. The smallest absolute Gasteiger partial charge is 0.303 e. The van der Waals surface area contributed by atoms with Crippen LogP contribution in [-0.4, -0.2) is 17.4 Å². The van der Waals surface area contributed by atoms with Crippen LogP contribution >= 0.6 is 0 Å². The molecule has 3 saturated carbocycles. The van der Waals surface area contributed by atoms with Crippen LogP contribution in [0.5, 0.6) is 0 Å². The molecule has 0 N–H and O–H groups in total. The number of hydrogen-bond acceptors (Lipinski definition) is 3. The zero-order valence-corrected chi connectivity index (χ0v) is 17.0. The molecule has 4 rings (SSSR count). The molecule has 0 unspecified atom stereocenters. The number of carbonyl (C=O) groups is 2. The first-order chi connectivity index (χ1) is 12.8. The van der Waals surface area contributed by atoms with E-state index in [1.54, 1.807) is 0 Å². The number of rotatable bonds is 2. The summed E-state index contributed by atoms with van der Waals surface area (Å²) in [6.07, 6.45) is 12.0. The molecule has 0 aromatic heterocycles. The highest BCUT2D eigenvalue weighted by Crippen LogP contribution is 2.69. The highest BCUT2D eigenvalue weighted by molar-refractivity contribution is 5.91. The quantitative estimate of drug-likeness (QED) is 0.499. The molecule has 0 radical (unpaired) electrons. The summed E-state index contributed by atoms with van der Waals surface area (Å²) in [7, 11) is 0. The maximum absolute atomic E-state index is 11.9. The largest absolute Gasteiger partial charge is 0.454 e. The second-order valence-corrected chi connectivity index (χ2v) is 9.82. The van der Waals surface area contributed by atoms with Gasteiger partial charge in [-0.2, -0.15) is 0 Å². The molecule has 0 heterocycles. The summed E-state index contributed by atoms with van der Waals surface area (Å²) in [4.78, 5) is 23.9. The van der Waals surface area contributed by atoms with Gasteiger partial charge in [0, 0.05) is 24.8 Å². The van der Waals surface area contributed by atoms with Crippen LogP contribution in [0.1, 0.15) is 72.1 Å². The van der Waals surface area contributed by atoms with Gasteiger partial charge >= 0.3 is 5.97 Å². The third-order valence-corrected chi connectivity index (χ3v) is 8.80. The molecule has 3 heteroatoms. The Hall–Kier alpha value is -1.60. The number of esters is 1. The molecule has 0 aromatic carbocycles. The van der Waals surface area contributed by atoms with Crippen molar-refractivity contribution in [1.82, 2.24) is 0 Å². The van der Waals surface area contributed by atoms with Crippen molar-refractivity contribution >= 4 is 11.8 Å². The molecule has 6 atom stereocenters. The maximum Gasteiger partial charge on any atom is 0.303 e. The van der Waals surface area contributed by atoms with Crippen molar-refractivity contribution in [2.45, 2.75) is 77.7 Å². The van der Waals surface area contributed by atoms with E-state index in [4.69, 9.17) is 4.74 Å². The first-order valence-corrected chi connectivity index (χ1v) is 10.6. The standard InChI is InChI=1S/C24H32O3/c1-5-11-24(27-16(2)25)12-10-21-20-8-6-17-15-18(26)7-9-19(17)22(20,3)13-14-23(21,24)4/h11,15,19-21H,1,6-10,12-14H2,2-4H3/t19-,20-,21-,22+,23-,24-/m0/s1. The van der Waals surface area contributed by atoms with Gasteiger partial charge in [0.25, 0.3) is 0 Å². The average molecular weight is 369 g/mol. The topological polar surface area (TPSA) is 43.4 Å². The third-order valence-electron chi connectivity index (χ3n) is 8.80. The van der Waals surface area contributed by atoms with Crippen molar-refractivity contribution in [3.8, 4) is 0 Å². The lowest BCUT2D eigenvalue weighted by Gasteiger charge is -2.60. The first-order valence-electron chi connectivity index (χ1n) is 10.6. The molecule has 0 aliphatic heterocycles. The summed E-state index contributed by atoms with van der Waals surface area (Å²) < 4.78 is 5.99. The molecule has 27 heavy (non-hydrogen) atoms. The molecule has 0 saturated heterocycles. The van der Waals surface area contributed by atoms with Gasteiger partial charge in [0.05, 0.1) is 0 Å². The Morgan fingerprint density at radius 1 is 1.19 bits per heavy atom. The van der Waals surface area contributed by atoms with Crippen molar-refractivity contribution < 1.29 is 14.3 Å². The number of hydrogen-bond donors (Lipinski definition) is 0. The predicted molar refractivity (Wildman–Crippen MR) is 105 cm³/mol. The zero-order chi connectivity index (χ0) is 19.4. The van der Waals surface area contributed by atoms with Crippen LogP contribution in [0, 0.1) is 28.6 Å². The van der Waals surface area contributed by atoms with Gasteiger partial charge < -0.3 is 4.74 Å². The van der Waals surface area contributed by atoms with Crippen LogP contribution in [0.4, 0.5) is 0 Å².